The molecule has 20 heavy (non-hydrogen) atoms. The third kappa shape index (κ3) is 5.49. The van der Waals surface area contributed by atoms with Crippen LogP contribution in [0.1, 0.15) is 18.4 Å². The van der Waals surface area contributed by atoms with Crippen molar-refractivity contribution in [2.75, 3.05) is 0 Å². The molecule has 4 N–H and O–H groups in total. The number of carboxylic acid groups (broad SMARTS) is 2. The number of ether oxygens (including phenoxy) is 1. The first kappa shape index (κ1) is 15.6. The quantitative estimate of drug-likeness (QED) is 0.488. The van der Waals surface area contributed by atoms with Crippen molar-refractivity contribution >= 4 is 17.9 Å². The molecule has 0 heterocycles. The van der Waals surface area contributed by atoms with Crippen molar-refractivity contribution in [1.29, 1.82) is 0 Å². The molecule has 0 bridgehead atoms. The zero-order chi connectivity index (χ0) is 15.1. The van der Waals surface area contributed by atoms with Crippen molar-refractivity contribution in [3.8, 4) is 5.75 Å². The lowest BCUT2D eigenvalue weighted by Gasteiger charge is -2.07. The lowest BCUT2D eigenvalue weighted by atomic mass is 10.1. The summed E-state index contributed by atoms with van der Waals surface area (Å²) in [6.45, 7) is 0. The van der Waals surface area contributed by atoms with E-state index < -0.39 is 23.9 Å². The molecule has 0 radical (unpaired) electrons. The van der Waals surface area contributed by atoms with Gasteiger partial charge in [-0.05, 0) is 24.1 Å². The van der Waals surface area contributed by atoms with Crippen molar-refractivity contribution in [2.24, 2.45) is 5.73 Å². The highest BCUT2D eigenvalue weighted by molar-refractivity contribution is 5.78. The third-order valence-electron chi connectivity index (χ3n) is 2.47. The largest absolute Gasteiger partial charge is 0.481 e. The fraction of sp³-hybridized carbons (Fsp3) is 0.308. The first-order valence-corrected chi connectivity index (χ1v) is 5.88. The third-order valence-corrected chi connectivity index (χ3v) is 2.47. The molecular weight excluding hydrogens is 266 g/mol. The predicted molar refractivity (Wildman–Crippen MR) is 68.3 cm³/mol. The summed E-state index contributed by atoms with van der Waals surface area (Å²) < 4.78 is 4.92. The molecule has 0 fully saturated rings. The molecule has 1 atom stereocenters. The summed E-state index contributed by atoms with van der Waals surface area (Å²) in [5.74, 6) is -2.52. The minimum atomic E-state index is -1.09. The summed E-state index contributed by atoms with van der Waals surface area (Å²) in [6, 6.07) is 5.22. The second-order valence-electron chi connectivity index (χ2n) is 4.16. The van der Waals surface area contributed by atoms with Gasteiger partial charge >= 0.3 is 17.9 Å². The molecule has 7 nitrogen and oxygen atoms in total. The molecule has 0 saturated carbocycles. The van der Waals surface area contributed by atoms with E-state index in [-0.39, 0.29) is 25.0 Å². The molecule has 108 valence electrons. The van der Waals surface area contributed by atoms with Gasteiger partial charge in [0.15, 0.2) is 0 Å². The van der Waals surface area contributed by atoms with Crippen LogP contribution in [0.2, 0.25) is 0 Å². The summed E-state index contributed by atoms with van der Waals surface area (Å²) in [7, 11) is 0. The van der Waals surface area contributed by atoms with Crippen molar-refractivity contribution in [2.45, 2.75) is 25.3 Å². The summed E-state index contributed by atoms with van der Waals surface area (Å²) in [4.78, 5) is 32.2. The van der Waals surface area contributed by atoms with E-state index in [1.807, 2.05) is 0 Å². The Labute approximate surface area is 115 Å². The Balaban J connectivity index is 2.52. The Morgan fingerprint density at radius 3 is 2.20 bits per heavy atom. The maximum Gasteiger partial charge on any atom is 0.320 e. The number of benzene rings is 1. The summed E-state index contributed by atoms with van der Waals surface area (Å²) in [6.07, 6.45) is -0.325. The highest BCUT2D eigenvalue weighted by Gasteiger charge is 2.12. The van der Waals surface area contributed by atoms with Crippen molar-refractivity contribution < 1.29 is 29.3 Å². The Morgan fingerprint density at radius 2 is 1.70 bits per heavy atom. The number of carbonyl (C=O) groups is 3. The van der Waals surface area contributed by atoms with Crippen molar-refractivity contribution in [1.82, 2.24) is 0 Å². The molecule has 0 unspecified atom stereocenters. The summed E-state index contributed by atoms with van der Waals surface area (Å²) in [5.41, 5.74) is 6.09. The Bertz CT molecular complexity index is 496. The van der Waals surface area contributed by atoms with Crippen LogP contribution in [0.4, 0.5) is 0 Å². The van der Waals surface area contributed by atoms with Crippen LogP contribution in [-0.2, 0) is 20.8 Å². The van der Waals surface area contributed by atoms with Crippen LogP contribution >= 0.6 is 0 Å². The average molecular weight is 281 g/mol. The van der Waals surface area contributed by atoms with Crippen LogP contribution in [0.5, 0.6) is 5.75 Å². The monoisotopic (exact) mass is 281 g/mol. The molecular formula is C13H15NO6. The first-order chi connectivity index (χ1) is 9.38. The minimum Gasteiger partial charge on any atom is -0.481 e. The predicted octanol–water partition coefficient (Wildman–Crippen LogP) is 0.411. The molecule has 7 heteroatoms. The highest BCUT2D eigenvalue weighted by atomic mass is 16.5. The van der Waals surface area contributed by atoms with Crippen LogP contribution in [0, 0.1) is 0 Å². The lowest BCUT2D eigenvalue weighted by molar-refractivity contribution is -0.142. The number of rotatable bonds is 7. The maximum atomic E-state index is 11.3. The molecule has 1 rings (SSSR count). The topological polar surface area (TPSA) is 127 Å². The van der Waals surface area contributed by atoms with Gasteiger partial charge in [0.1, 0.15) is 11.8 Å². The molecule has 1 aromatic rings. The molecule has 0 amide bonds. The number of hydrogen-bond acceptors (Lipinski definition) is 5. The first-order valence-electron chi connectivity index (χ1n) is 5.88. The average Bonchev–Trinajstić information content (AvgIpc) is 2.38. The van der Waals surface area contributed by atoms with E-state index in [1.165, 1.54) is 12.1 Å². The summed E-state index contributed by atoms with van der Waals surface area (Å²) in [5, 5.41) is 17.1. The van der Waals surface area contributed by atoms with Gasteiger partial charge in [-0.2, -0.15) is 0 Å². The fourth-order valence-electron chi connectivity index (χ4n) is 1.43. The number of aliphatic carboxylic acids is 2. The standard InChI is InChI=1S/C13H15NO6/c14-10(13(18)19)7-8-1-3-9(4-2-8)20-12(17)6-5-11(15)16/h1-4,10H,5-7,14H2,(H,15,16)(H,18,19)/t10-/m0/s1. The van der Waals surface area contributed by atoms with E-state index in [4.69, 9.17) is 20.7 Å². The number of hydrogen-bond donors (Lipinski definition) is 3. The number of nitrogens with two attached hydrogens (primary N) is 1. The Morgan fingerprint density at radius 1 is 1.10 bits per heavy atom. The van der Waals surface area contributed by atoms with Crippen LogP contribution in [-0.4, -0.2) is 34.2 Å². The van der Waals surface area contributed by atoms with Crippen molar-refractivity contribution in [3.63, 3.8) is 0 Å². The lowest BCUT2D eigenvalue weighted by Crippen LogP contribution is -2.32. The second kappa shape index (κ2) is 7.25. The van der Waals surface area contributed by atoms with Gasteiger partial charge in [-0.3, -0.25) is 14.4 Å². The van der Waals surface area contributed by atoms with E-state index in [0.717, 1.165) is 0 Å². The molecule has 0 aliphatic carbocycles. The smallest absolute Gasteiger partial charge is 0.320 e. The SMILES string of the molecule is N[C@@H](Cc1ccc(OC(=O)CCC(=O)O)cc1)C(=O)O. The molecule has 0 aliphatic rings. The van der Waals surface area contributed by atoms with Gasteiger partial charge in [0.2, 0.25) is 0 Å². The molecule has 0 saturated heterocycles. The van der Waals surface area contributed by atoms with Gasteiger partial charge in [0, 0.05) is 0 Å². The van der Waals surface area contributed by atoms with Crippen LogP contribution in [0.3, 0.4) is 0 Å². The van der Waals surface area contributed by atoms with E-state index in [2.05, 4.69) is 0 Å². The number of carbonyl (C=O) groups excluding carboxylic acids is 1. The molecule has 0 aliphatic heterocycles. The Kier molecular flexibility index (Phi) is 5.67. The van der Waals surface area contributed by atoms with Crippen LogP contribution in [0.15, 0.2) is 24.3 Å². The van der Waals surface area contributed by atoms with E-state index in [9.17, 15) is 14.4 Å². The molecule has 0 spiro atoms. The van der Waals surface area contributed by atoms with Gasteiger partial charge in [0.05, 0.1) is 12.8 Å². The fourth-order valence-corrected chi connectivity index (χ4v) is 1.43. The molecule has 0 aromatic heterocycles. The second-order valence-corrected chi connectivity index (χ2v) is 4.16. The Hall–Kier alpha value is -2.41. The van der Waals surface area contributed by atoms with E-state index in [0.29, 0.717) is 5.56 Å². The van der Waals surface area contributed by atoms with Gasteiger partial charge in [-0.15, -0.1) is 0 Å². The van der Waals surface area contributed by atoms with Crippen molar-refractivity contribution in [3.05, 3.63) is 29.8 Å². The van der Waals surface area contributed by atoms with Gasteiger partial charge < -0.3 is 20.7 Å². The van der Waals surface area contributed by atoms with Crippen LogP contribution < -0.4 is 10.5 Å². The number of esters is 1. The van der Waals surface area contributed by atoms with Gasteiger partial charge in [-0.25, -0.2) is 0 Å². The zero-order valence-electron chi connectivity index (χ0n) is 10.6. The summed E-state index contributed by atoms with van der Waals surface area (Å²) >= 11 is 0. The van der Waals surface area contributed by atoms with Gasteiger partial charge in [0.25, 0.3) is 0 Å². The normalized spacial score (nSPS) is 11.7. The minimum absolute atomic E-state index is 0.169. The van der Waals surface area contributed by atoms with E-state index >= 15 is 0 Å². The molecule has 1 aromatic carbocycles. The number of carboxylic acids is 2. The van der Waals surface area contributed by atoms with Gasteiger partial charge in [-0.1, -0.05) is 12.1 Å². The van der Waals surface area contributed by atoms with Crippen LogP contribution in [0.25, 0.3) is 0 Å². The highest BCUT2D eigenvalue weighted by Crippen LogP contribution is 2.14. The maximum absolute atomic E-state index is 11.3. The zero-order valence-corrected chi connectivity index (χ0v) is 10.6. The van der Waals surface area contributed by atoms with E-state index in [1.54, 1.807) is 12.1 Å².